The van der Waals surface area contributed by atoms with Crippen LogP contribution in [0.25, 0.3) is 17.2 Å². The van der Waals surface area contributed by atoms with Crippen LogP contribution >= 0.6 is 11.6 Å². The van der Waals surface area contributed by atoms with Gasteiger partial charge in [-0.1, -0.05) is 66.2 Å². The maximum absolute atomic E-state index is 12.1. The first-order chi connectivity index (χ1) is 13.7. The summed E-state index contributed by atoms with van der Waals surface area (Å²) in [5, 5.41) is 3.33. The number of nitrogens with zero attached hydrogens (tertiary/aromatic N) is 1. The molecule has 0 fully saturated rings. The van der Waals surface area contributed by atoms with E-state index in [1.807, 2.05) is 42.5 Å². The molecule has 0 atom stereocenters. The second-order valence-electron chi connectivity index (χ2n) is 6.51. The Balaban J connectivity index is 1.33. The van der Waals surface area contributed by atoms with Gasteiger partial charge in [0.2, 0.25) is 0 Å². The van der Waals surface area contributed by atoms with Crippen LogP contribution in [0, 0.1) is 0 Å². The van der Waals surface area contributed by atoms with Crippen molar-refractivity contribution in [2.45, 2.75) is 5.92 Å². The average Bonchev–Trinajstić information content (AvgIpc) is 3.05. The second-order valence-corrected chi connectivity index (χ2v) is 6.95. The number of nitrogens with one attached hydrogen (secondary N) is 1. The third-order valence-corrected chi connectivity index (χ3v) is 4.97. The summed E-state index contributed by atoms with van der Waals surface area (Å²) in [6, 6.07) is 20.1. The van der Waals surface area contributed by atoms with E-state index in [1.54, 1.807) is 12.3 Å². The van der Waals surface area contributed by atoms with Crippen molar-refractivity contribution in [3.05, 3.63) is 94.8 Å². The molecule has 28 heavy (non-hydrogen) atoms. The number of carbonyl (C=O) groups is 1. The topological polar surface area (TPSA) is 51.2 Å². The minimum atomic E-state index is -0.435. The summed E-state index contributed by atoms with van der Waals surface area (Å²) < 4.78 is 5.49. The molecule has 3 aromatic rings. The highest BCUT2D eigenvalue weighted by Gasteiger charge is 2.28. The summed E-state index contributed by atoms with van der Waals surface area (Å²) in [4.78, 5) is 16.2. The van der Waals surface area contributed by atoms with E-state index in [0.717, 1.165) is 5.69 Å². The number of alkyl carbamates (subject to hydrolysis) is 1. The quantitative estimate of drug-likeness (QED) is 0.644. The minimum Gasteiger partial charge on any atom is -0.449 e. The largest absolute Gasteiger partial charge is 0.449 e. The van der Waals surface area contributed by atoms with Gasteiger partial charge in [0.05, 0.1) is 10.7 Å². The van der Waals surface area contributed by atoms with Gasteiger partial charge in [0, 0.05) is 18.7 Å². The molecule has 4 nitrogen and oxygen atoms in total. The molecule has 1 amide bonds. The van der Waals surface area contributed by atoms with Crippen LogP contribution < -0.4 is 5.32 Å². The zero-order valence-corrected chi connectivity index (χ0v) is 15.9. The fourth-order valence-electron chi connectivity index (χ4n) is 3.46. The molecule has 1 heterocycles. The summed E-state index contributed by atoms with van der Waals surface area (Å²) in [5.74, 6) is 0.0620. The van der Waals surface area contributed by atoms with Crippen molar-refractivity contribution in [1.29, 1.82) is 0 Å². The molecule has 1 aliphatic carbocycles. The van der Waals surface area contributed by atoms with Crippen LogP contribution in [0.1, 0.15) is 22.7 Å². The highest BCUT2D eigenvalue weighted by atomic mass is 35.5. The maximum atomic E-state index is 12.1. The second kappa shape index (κ2) is 8.28. The molecule has 2 aromatic carbocycles. The fourth-order valence-corrected chi connectivity index (χ4v) is 3.57. The molecule has 140 valence electrons. The number of carbonyl (C=O) groups excluding carboxylic acids is 1. The van der Waals surface area contributed by atoms with Crippen molar-refractivity contribution < 1.29 is 9.53 Å². The number of ether oxygens (including phenoxy) is 1. The minimum absolute atomic E-state index is 0.0620. The SMILES string of the molecule is O=C(NCC=Cc1ccc(Cl)cn1)OCC1c2ccccc2-c2ccccc21. The lowest BCUT2D eigenvalue weighted by molar-refractivity contribution is 0.144. The number of halogens is 1. The Bertz CT molecular complexity index is 970. The van der Waals surface area contributed by atoms with Crippen molar-refractivity contribution in [3.63, 3.8) is 0 Å². The first-order valence-corrected chi connectivity index (χ1v) is 9.47. The smallest absolute Gasteiger partial charge is 0.407 e. The Kier molecular flexibility index (Phi) is 5.40. The fraction of sp³-hybridized carbons (Fsp3) is 0.130. The van der Waals surface area contributed by atoms with Gasteiger partial charge in [0.15, 0.2) is 0 Å². The highest BCUT2D eigenvalue weighted by Crippen LogP contribution is 2.44. The molecule has 1 aromatic heterocycles. The lowest BCUT2D eigenvalue weighted by Crippen LogP contribution is -2.26. The van der Waals surface area contributed by atoms with E-state index in [4.69, 9.17) is 16.3 Å². The van der Waals surface area contributed by atoms with E-state index < -0.39 is 6.09 Å². The standard InChI is InChI=1S/C23H19ClN2O2/c24-16-11-12-17(26-14-16)6-5-13-25-23(27)28-15-22-20-9-3-1-7-18(20)19-8-2-4-10-21(19)22/h1-12,14,22H,13,15H2,(H,25,27). The lowest BCUT2D eigenvalue weighted by atomic mass is 9.98. The van der Waals surface area contributed by atoms with E-state index in [0.29, 0.717) is 18.2 Å². The summed E-state index contributed by atoms with van der Waals surface area (Å²) in [5.41, 5.74) is 5.60. The molecule has 5 heteroatoms. The van der Waals surface area contributed by atoms with Gasteiger partial charge in [-0.15, -0.1) is 0 Å². The molecule has 0 aliphatic heterocycles. The Hall–Kier alpha value is -3.11. The van der Waals surface area contributed by atoms with Gasteiger partial charge in [-0.2, -0.15) is 0 Å². The van der Waals surface area contributed by atoms with Crippen LogP contribution in [-0.2, 0) is 4.74 Å². The Morgan fingerprint density at radius 2 is 1.71 bits per heavy atom. The summed E-state index contributed by atoms with van der Waals surface area (Å²) in [6.07, 6.45) is 4.79. The normalized spacial score (nSPS) is 12.6. The molecule has 0 spiro atoms. The van der Waals surface area contributed by atoms with Crippen LogP contribution in [-0.4, -0.2) is 24.2 Å². The van der Waals surface area contributed by atoms with E-state index in [-0.39, 0.29) is 5.92 Å². The summed E-state index contributed by atoms with van der Waals surface area (Å²) in [7, 11) is 0. The number of rotatable bonds is 5. The molecule has 0 saturated heterocycles. The predicted molar refractivity (Wildman–Crippen MR) is 111 cm³/mol. The van der Waals surface area contributed by atoms with Crippen LogP contribution in [0.3, 0.4) is 0 Å². The number of aromatic nitrogens is 1. The van der Waals surface area contributed by atoms with E-state index in [9.17, 15) is 4.79 Å². The van der Waals surface area contributed by atoms with E-state index in [2.05, 4.69) is 34.6 Å². The van der Waals surface area contributed by atoms with Crippen molar-refractivity contribution in [2.75, 3.05) is 13.2 Å². The van der Waals surface area contributed by atoms with Crippen LogP contribution in [0.5, 0.6) is 0 Å². The zero-order valence-electron chi connectivity index (χ0n) is 15.1. The summed E-state index contributed by atoms with van der Waals surface area (Å²) >= 11 is 5.81. The van der Waals surface area contributed by atoms with Gasteiger partial charge < -0.3 is 10.1 Å². The number of amides is 1. The van der Waals surface area contributed by atoms with E-state index >= 15 is 0 Å². The molecule has 0 saturated carbocycles. The number of benzene rings is 2. The van der Waals surface area contributed by atoms with E-state index in [1.165, 1.54) is 22.3 Å². The maximum Gasteiger partial charge on any atom is 0.407 e. The molecule has 0 radical (unpaired) electrons. The summed E-state index contributed by atoms with van der Waals surface area (Å²) in [6.45, 7) is 0.670. The first kappa shape index (κ1) is 18.3. The average molecular weight is 391 g/mol. The van der Waals surface area contributed by atoms with Gasteiger partial charge in [-0.25, -0.2) is 4.79 Å². The monoisotopic (exact) mass is 390 g/mol. The van der Waals surface area contributed by atoms with Crippen molar-refractivity contribution in [2.24, 2.45) is 0 Å². The van der Waals surface area contributed by atoms with Crippen LogP contribution in [0.4, 0.5) is 4.79 Å². The molecule has 0 bridgehead atoms. The first-order valence-electron chi connectivity index (χ1n) is 9.09. The number of hydrogen-bond donors (Lipinski definition) is 1. The number of pyridine rings is 1. The van der Waals surface area contributed by atoms with Crippen molar-refractivity contribution in [3.8, 4) is 11.1 Å². The molecular weight excluding hydrogens is 372 g/mol. The van der Waals surface area contributed by atoms with Crippen molar-refractivity contribution >= 4 is 23.8 Å². The molecule has 0 unspecified atom stereocenters. The molecular formula is C23H19ClN2O2. The molecule has 4 rings (SSSR count). The Labute approximate surface area is 168 Å². The van der Waals surface area contributed by atoms with Gasteiger partial charge >= 0.3 is 6.09 Å². The zero-order chi connectivity index (χ0) is 19.3. The van der Waals surface area contributed by atoms with Gasteiger partial charge in [0.1, 0.15) is 6.61 Å². The number of fused-ring (bicyclic) bond motifs is 3. The predicted octanol–water partition coefficient (Wildman–Crippen LogP) is 5.29. The highest BCUT2D eigenvalue weighted by molar-refractivity contribution is 6.30. The van der Waals surface area contributed by atoms with Gasteiger partial charge in [-0.3, -0.25) is 4.98 Å². The van der Waals surface area contributed by atoms with Crippen LogP contribution in [0.2, 0.25) is 5.02 Å². The van der Waals surface area contributed by atoms with Crippen molar-refractivity contribution in [1.82, 2.24) is 10.3 Å². The molecule has 1 N–H and O–H groups in total. The molecule has 1 aliphatic rings. The number of hydrogen-bond acceptors (Lipinski definition) is 3. The lowest BCUT2D eigenvalue weighted by Gasteiger charge is -2.14. The Morgan fingerprint density at radius 3 is 2.36 bits per heavy atom. The van der Waals surface area contributed by atoms with Crippen LogP contribution in [0.15, 0.2) is 72.9 Å². The van der Waals surface area contributed by atoms with Gasteiger partial charge in [-0.05, 0) is 40.5 Å². The van der Waals surface area contributed by atoms with Gasteiger partial charge in [0.25, 0.3) is 0 Å². The third kappa shape index (κ3) is 3.92. The third-order valence-electron chi connectivity index (χ3n) is 4.75. The Morgan fingerprint density at radius 1 is 1.04 bits per heavy atom.